The van der Waals surface area contributed by atoms with Gasteiger partial charge in [0.15, 0.2) is 11.5 Å². The van der Waals surface area contributed by atoms with Gasteiger partial charge in [-0.1, -0.05) is 30.6 Å². The van der Waals surface area contributed by atoms with E-state index >= 15 is 0 Å². The molecule has 3 N–H and O–H groups in total. The summed E-state index contributed by atoms with van der Waals surface area (Å²) in [6, 6.07) is 2.88. The highest BCUT2D eigenvalue weighted by Crippen LogP contribution is 2.36. The highest BCUT2D eigenvalue weighted by atomic mass is 32.1. The van der Waals surface area contributed by atoms with Gasteiger partial charge in [0.2, 0.25) is 10.6 Å². The lowest BCUT2D eigenvalue weighted by molar-refractivity contribution is 0.0530. The molecule has 9 heteroatoms. The fourth-order valence-electron chi connectivity index (χ4n) is 3.23. The summed E-state index contributed by atoms with van der Waals surface area (Å²) in [5, 5.41) is 33.6. The van der Waals surface area contributed by atoms with Gasteiger partial charge in [-0.25, -0.2) is 9.47 Å². The van der Waals surface area contributed by atoms with Crippen molar-refractivity contribution in [2.45, 2.75) is 52.0 Å². The maximum absolute atomic E-state index is 12.3. The molecule has 1 aliphatic carbocycles. The minimum atomic E-state index is -0.611. The molecule has 1 saturated carbocycles. The van der Waals surface area contributed by atoms with Crippen molar-refractivity contribution in [3.05, 3.63) is 33.1 Å². The normalized spacial score (nSPS) is 15.9. The standard InChI is InChI=1S/C20H25N3O5S/c1-3-28-19(27)18-12(2)23(20(29-18)22-14-7-5-4-6-8-14)21-11-13-9-10-15(24)17(26)16(13)25/h9-11,14,24-26H,3-8H2,1-2H3/b21-11+,22-20?. The number of carbonyl (C=O) groups is 1. The Hall–Kier alpha value is -2.81. The summed E-state index contributed by atoms with van der Waals surface area (Å²) < 4.78 is 6.69. The van der Waals surface area contributed by atoms with Crippen LogP contribution in [0.3, 0.4) is 0 Å². The van der Waals surface area contributed by atoms with E-state index in [1.807, 2.05) is 0 Å². The largest absolute Gasteiger partial charge is 0.504 e. The molecule has 0 unspecified atom stereocenters. The van der Waals surface area contributed by atoms with Crippen LogP contribution >= 0.6 is 11.3 Å². The second kappa shape index (κ2) is 9.13. The lowest BCUT2D eigenvalue weighted by atomic mass is 9.96. The molecule has 0 amide bonds. The molecule has 0 saturated heterocycles. The Morgan fingerprint density at radius 3 is 2.66 bits per heavy atom. The van der Waals surface area contributed by atoms with Gasteiger partial charge >= 0.3 is 5.97 Å². The predicted octanol–water partition coefficient (Wildman–Crippen LogP) is 3.27. The maximum atomic E-state index is 12.3. The molecule has 0 atom stereocenters. The average Bonchev–Trinajstić information content (AvgIpc) is 3.02. The zero-order chi connectivity index (χ0) is 21.0. The zero-order valence-electron chi connectivity index (χ0n) is 16.5. The van der Waals surface area contributed by atoms with Crippen LogP contribution in [-0.2, 0) is 4.74 Å². The van der Waals surface area contributed by atoms with E-state index in [2.05, 4.69) is 5.10 Å². The number of carbonyl (C=O) groups excluding carboxylic acids is 1. The Bertz CT molecular complexity index is 987. The zero-order valence-corrected chi connectivity index (χ0v) is 17.3. The Balaban J connectivity index is 2.04. The second-order valence-electron chi connectivity index (χ2n) is 6.87. The molecule has 2 aromatic rings. The van der Waals surface area contributed by atoms with Crippen LogP contribution in [0.5, 0.6) is 17.2 Å². The van der Waals surface area contributed by atoms with E-state index in [0.717, 1.165) is 25.7 Å². The number of nitrogens with zero attached hydrogens (tertiary/aromatic N) is 3. The van der Waals surface area contributed by atoms with Crippen molar-refractivity contribution in [1.29, 1.82) is 0 Å². The van der Waals surface area contributed by atoms with Crippen LogP contribution < -0.4 is 4.80 Å². The fourth-order valence-corrected chi connectivity index (χ4v) is 4.26. The topological polar surface area (TPSA) is 117 Å². The number of rotatable bonds is 5. The van der Waals surface area contributed by atoms with Crippen LogP contribution in [-0.4, -0.2) is 44.8 Å². The van der Waals surface area contributed by atoms with Gasteiger partial charge in [-0.3, -0.25) is 4.99 Å². The molecule has 156 valence electrons. The first kappa shape index (κ1) is 20.9. The number of phenolic OH excluding ortho intramolecular Hbond substituents is 3. The minimum Gasteiger partial charge on any atom is -0.504 e. The van der Waals surface area contributed by atoms with Crippen LogP contribution in [0.2, 0.25) is 0 Å². The SMILES string of the molecule is CCOC(=O)c1sc(=NC2CCCCC2)n(/N=C/c2ccc(O)c(O)c2O)c1C. The van der Waals surface area contributed by atoms with E-state index in [-0.39, 0.29) is 18.2 Å². The van der Waals surface area contributed by atoms with Gasteiger partial charge in [0.05, 0.1) is 24.6 Å². The van der Waals surface area contributed by atoms with E-state index < -0.39 is 23.2 Å². The number of phenols is 3. The van der Waals surface area contributed by atoms with E-state index in [1.54, 1.807) is 18.5 Å². The molecule has 1 fully saturated rings. The van der Waals surface area contributed by atoms with Crippen molar-refractivity contribution in [3.63, 3.8) is 0 Å². The van der Waals surface area contributed by atoms with Crippen molar-refractivity contribution >= 4 is 23.5 Å². The highest BCUT2D eigenvalue weighted by Gasteiger charge is 2.20. The van der Waals surface area contributed by atoms with Crippen molar-refractivity contribution in [1.82, 2.24) is 4.68 Å². The first-order valence-electron chi connectivity index (χ1n) is 9.64. The maximum Gasteiger partial charge on any atom is 0.350 e. The third-order valence-electron chi connectivity index (χ3n) is 4.82. The van der Waals surface area contributed by atoms with Gasteiger partial charge in [-0.15, -0.1) is 0 Å². The number of hydrogen-bond acceptors (Lipinski definition) is 8. The van der Waals surface area contributed by atoms with Gasteiger partial charge in [0.25, 0.3) is 0 Å². The van der Waals surface area contributed by atoms with Crippen LogP contribution in [0.1, 0.15) is 60.0 Å². The van der Waals surface area contributed by atoms with E-state index in [9.17, 15) is 20.1 Å². The second-order valence-corrected chi connectivity index (χ2v) is 7.85. The van der Waals surface area contributed by atoms with Crippen molar-refractivity contribution in [2.24, 2.45) is 10.1 Å². The molecule has 1 aromatic carbocycles. The van der Waals surface area contributed by atoms with Crippen LogP contribution in [0, 0.1) is 6.92 Å². The van der Waals surface area contributed by atoms with Crippen molar-refractivity contribution < 1.29 is 24.9 Å². The molecule has 0 radical (unpaired) electrons. The number of aromatic nitrogens is 1. The first-order valence-corrected chi connectivity index (χ1v) is 10.5. The molecule has 8 nitrogen and oxygen atoms in total. The quantitative estimate of drug-likeness (QED) is 0.391. The molecule has 3 rings (SSSR count). The summed E-state index contributed by atoms with van der Waals surface area (Å²) in [6.45, 7) is 3.78. The molecular weight excluding hydrogens is 394 g/mol. The summed E-state index contributed by atoms with van der Waals surface area (Å²) in [5.41, 5.74) is 0.807. The molecule has 1 aromatic heterocycles. The number of benzene rings is 1. The lowest BCUT2D eigenvalue weighted by Gasteiger charge is -2.16. The monoisotopic (exact) mass is 419 g/mol. The Kier molecular flexibility index (Phi) is 6.58. The number of aromatic hydroxyl groups is 3. The summed E-state index contributed by atoms with van der Waals surface area (Å²) in [4.78, 5) is 18.1. The molecule has 1 heterocycles. The van der Waals surface area contributed by atoms with Crippen LogP contribution in [0.4, 0.5) is 0 Å². The molecule has 29 heavy (non-hydrogen) atoms. The van der Waals surface area contributed by atoms with Gasteiger partial charge in [0.1, 0.15) is 4.88 Å². The summed E-state index contributed by atoms with van der Waals surface area (Å²) in [6.07, 6.45) is 6.83. The Morgan fingerprint density at radius 2 is 1.97 bits per heavy atom. The first-order chi connectivity index (χ1) is 13.9. The average molecular weight is 420 g/mol. The number of esters is 1. The fraction of sp³-hybridized carbons (Fsp3) is 0.450. The summed E-state index contributed by atoms with van der Waals surface area (Å²) in [5.74, 6) is -1.93. The van der Waals surface area contributed by atoms with Gasteiger partial charge in [0, 0.05) is 5.56 Å². The van der Waals surface area contributed by atoms with Crippen LogP contribution in [0.15, 0.2) is 22.2 Å². The summed E-state index contributed by atoms with van der Waals surface area (Å²) in [7, 11) is 0. The summed E-state index contributed by atoms with van der Waals surface area (Å²) >= 11 is 1.23. The third kappa shape index (κ3) is 4.61. The van der Waals surface area contributed by atoms with Gasteiger partial charge in [-0.05, 0) is 38.8 Å². The van der Waals surface area contributed by atoms with Gasteiger partial charge < -0.3 is 20.1 Å². The molecule has 0 spiro atoms. The van der Waals surface area contributed by atoms with Crippen molar-refractivity contribution in [2.75, 3.05) is 6.61 Å². The minimum absolute atomic E-state index is 0.185. The predicted molar refractivity (Wildman–Crippen MR) is 110 cm³/mol. The van der Waals surface area contributed by atoms with Crippen LogP contribution in [0.25, 0.3) is 0 Å². The van der Waals surface area contributed by atoms with Gasteiger partial charge in [-0.2, -0.15) is 5.10 Å². The number of ether oxygens (including phenoxy) is 1. The molecule has 0 bridgehead atoms. The Labute approximate surface area is 172 Å². The van der Waals surface area contributed by atoms with E-state index in [1.165, 1.54) is 36.1 Å². The molecular formula is C20H25N3O5S. The lowest BCUT2D eigenvalue weighted by Crippen LogP contribution is -2.19. The van der Waals surface area contributed by atoms with E-state index in [4.69, 9.17) is 9.73 Å². The third-order valence-corrected chi connectivity index (χ3v) is 5.95. The van der Waals surface area contributed by atoms with E-state index in [0.29, 0.717) is 15.4 Å². The number of hydrogen-bond donors (Lipinski definition) is 3. The molecule has 1 aliphatic rings. The molecule has 0 aliphatic heterocycles. The number of thiazole rings is 1. The smallest absolute Gasteiger partial charge is 0.350 e. The van der Waals surface area contributed by atoms with Crippen molar-refractivity contribution in [3.8, 4) is 17.2 Å². The highest BCUT2D eigenvalue weighted by molar-refractivity contribution is 7.11. The Morgan fingerprint density at radius 1 is 1.24 bits per heavy atom.